The summed E-state index contributed by atoms with van der Waals surface area (Å²) in [5.74, 6) is -3.37. The molecule has 0 aromatic heterocycles. The lowest BCUT2D eigenvalue weighted by Crippen LogP contribution is -2.47. The number of benzene rings is 3. The SMILES string of the molecule is COC(=N)c1ccc(-c2ccc([C@@H](C)[C@@](O)(c3cccc4c3OCC(=O)N4C)C(F)(F)F)c(Cl)c2)cc1F. The molecular weight excluding hydrogens is 528 g/mol. The fourth-order valence-electron chi connectivity index (χ4n) is 4.51. The van der Waals surface area contributed by atoms with E-state index in [0.29, 0.717) is 11.1 Å². The summed E-state index contributed by atoms with van der Waals surface area (Å²) < 4.78 is 68.5. The number of methoxy groups -OCH3 is 1. The van der Waals surface area contributed by atoms with Crippen molar-refractivity contribution in [1.29, 1.82) is 5.41 Å². The van der Waals surface area contributed by atoms with Crippen LogP contribution in [-0.4, -0.2) is 43.9 Å². The number of halogens is 5. The van der Waals surface area contributed by atoms with Gasteiger partial charge in [-0.2, -0.15) is 13.2 Å². The quantitative estimate of drug-likeness (QED) is 0.231. The van der Waals surface area contributed by atoms with Gasteiger partial charge in [-0.3, -0.25) is 10.2 Å². The van der Waals surface area contributed by atoms with Crippen molar-refractivity contribution >= 4 is 29.1 Å². The number of hydrogen-bond donors (Lipinski definition) is 2. The molecule has 0 radical (unpaired) electrons. The molecule has 3 aromatic carbocycles. The normalized spacial score (nSPS) is 15.8. The largest absolute Gasteiger partial charge is 0.481 e. The van der Waals surface area contributed by atoms with Crippen LogP contribution in [0.5, 0.6) is 5.75 Å². The van der Waals surface area contributed by atoms with E-state index in [1.165, 1.54) is 68.4 Å². The Labute approximate surface area is 220 Å². The standard InChI is InChI=1S/C27H23ClF4N2O4/c1-14(17-9-7-15(11-20(17)28)16-8-10-18(21(29)12-16)25(33)37-3)26(36,27(30,31)32)19-5-4-6-22-24(19)38-13-23(35)34(22)2/h4-12,14,33,36H,13H2,1-3H3/t14-,26-/m1/s1. The van der Waals surface area contributed by atoms with Crippen LogP contribution in [0.15, 0.2) is 54.6 Å². The summed E-state index contributed by atoms with van der Waals surface area (Å²) in [5.41, 5.74) is -3.15. The third-order valence-corrected chi connectivity index (χ3v) is 7.08. The van der Waals surface area contributed by atoms with Crippen molar-refractivity contribution in [2.75, 3.05) is 25.7 Å². The average Bonchev–Trinajstić information content (AvgIpc) is 2.88. The molecule has 11 heteroatoms. The van der Waals surface area contributed by atoms with Gasteiger partial charge in [-0.05, 0) is 41.0 Å². The number of fused-ring (bicyclic) bond motifs is 1. The number of carbonyl (C=O) groups is 1. The minimum absolute atomic E-state index is 0.00802. The van der Waals surface area contributed by atoms with Gasteiger partial charge in [0.2, 0.25) is 5.90 Å². The molecule has 0 saturated heterocycles. The van der Waals surface area contributed by atoms with Crippen molar-refractivity contribution < 1.29 is 36.9 Å². The van der Waals surface area contributed by atoms with Crippen molar-refractivity contribution in [3.63, 3.8) is 0 Å². The molecule has 4 rings (SSSR count). The lowest BCUT2D eigenvalue weighted by molar-refractivity contribution is -0.275. The molecule has 38 heavy (non-hydrogen) atoms. The molecular formula is C27H23ClF4N2O4. The van der Waals surface area contributed by atoms with Crippen molar-refractivity contribution in [1.82, 2.24) is 0 Å². The van der Waals surface area contributed by atoms with Crippen LogP contribution in [0, 0.1) is 11.2 Å². The molecule has 0 bridgehead atoms. The molecule has 2 atom stereocenters. The second kappa shape index (κ2) is 9.92. The first-order chi connectivity index (χ1) is 17.8. The van der Waals surface area contributed by atoms with Crippen LogP contribution in [0.3, 0.4) is 0 Å². The summed E-state index contributed by atoms with van der Waals surface area (Å²) in [7, 11) is 2.65. The highest BCUT2D eigenvalue weighted by atomic mass is 35.5. The van der Waals surface area contributed by atoms with Gasteiger partial charge in [-0.25, -0.2) is 4.39 Å². The van der Waals surface area contributed by atoms with Crippen LogP contribution in [0.25, 0.3) is 11.1 Å². The van der Waals surface area contributed by atoms with E-state index in [4.69, 9.17) is 26.5 Å². The maximum absolute atomic E-state index is 14.6. The summed E-state index contributed by atoms with van der Waals surface area (Å²) in [4.78, 5) is 13.2. The van der Waals surface area contributed by atoms with Crippen LogP contribution in [-0.2, 0) is 15.1 Å². The minimum atomic E-state index is -5.16. The second-order valence-electron chi connectivity index (χ2n) is 8.85. The Morgan fingerprint density at radius 3 is 2.42 bits per heavy atom. The smallest absolute Gasteiger partial charge is 0.422 e. The Bertz CT molecular complexity index is 1430. The molecule has 1 aliphatic heterocycles. The van der Waals surface area contributed by atoms with Crippen molar-refractivity contribution in [2.24, 2.45) is 0 Å². The van der Waals surface area contributed by atoms with E-state index in [9.17, 15) is 27.5 Å². The van der Waals surface area contributed by atoms with E-state index >= 15 is 0 Å². The van der Waals surface area contributed by atoms with Crippen LogP contribution in [0.1, 0.15) is 29.5 Å². The Morgan fingerprint density at radius 1 is 1.16 bits per heavy atom. The van der Waals surface area contributed by atoms with Gasteiger partial charge < -0.3 is 19.5 Å². The maximum Gasteiger partial charge on any atom is 0.422 e. The first kappa shape index (κ1) is 27.4. The molecule has 0 spiro atoms. The van der Waals surface area contributed by atoms with E-state index in [0.717, 1.165) is 12.1 Å². The van der Waals surface area contributed by atoms with E-state index in [1.54, 1.807) is 0 Å². The number of alkyl halides is 3. The third kappa shape index (κ3) is 4.48. The van der Waals surface area contributed by atoms with Crippen molar-refractivity contribution in [3.8, 4) is 16.9 Å². The number of para-hydroxylation sites is 1. The first-order valence-corrected chi connectivity index (χ1v) is 11.7. The highest BCUT2D eigenvalue weighted by molar-refractivity contribution is 6.31. The van der Waals surface area contributed by atoms with Crippen molar-refractivity contribution in [2.45, 2.75) is 24.6 Å². The monoisotopic (exact) mass is 550 g/mol. The molecule has 1 amide bonds. The van der Waals surface area contributed by atoms with Gasteiger partial charge in [0, 0.05) is 23.6 Å². The Morgan fingerprint density at radius 2 is 1.82 bits per heavy atom. The van der Waals surface area contributed by atoms with Gasteiger partial charge in [0.25, 0.3) is 5.91 Å². The van der Waals surface area contributed by atoms with Crippen LogP contribution >= 0.6 is 11.6 Å². The Hall–Kier alpha value is -3.63. The fourth-order valence-corrected chi connectivity index (χ4v) is 4.85. The van der Waals surface area contributed by atoms with E-state index < -0.39 is 41.6 Å². The van der Waals surface area contributed by atoms with Crippen molar-refractivity contribution in [3.05, 3.63) is 82.1 Å². The molecule has 200 valence electrons. The molecule has 2 N–H and O–H groups in total. The number of aliphatic hydroxyl groups is 1. The Balaban J connectivity index is 1.78. The summed E-state index contributed by atoms with van der Waals surface area (Å²) in [6.45, 7) is 0.716. The van der Waals surface area contributed by atoms with Crippen LogP contribution < -0.4 is 9.64 Å². The third-order valence-electron chi connectivity index (χ3n) is 6.76. The molecule has 0 aliphatic carbocycles. The number of nitrogens with one attached hydrogen (secondary N) is 1. The van der Waals surface area contributed by atoms with Gasteiger partial charge in [-0.15, -0.1) is 0 Å². The van der Waals surface area contributed by atoms with E-state index in [-0.39, 0.29) is 33.5 Å². The summed E-state index contributed by atoms with van der Waals surface area (Å²) >= 11 is 6.44. The topological polar surface area (TPSA) is 82.9 Å². The number of hydrogen-bond acceptors (Lipinski definition) is 5. The summed E-state index contributed by atoms with van der Waals surface area (Å²) in [5, 5.41) is 18.9. The first-order valence-electron chi connectivity index (χ1n) is 11.4. The fraction of sp³-hybridized carbons (Fsp3) is 0.259. The van der Waals surface area contributed by atoms with Gasteiger partial charge in [0.1, 0.15) is 11.6 Å². The molecule has 3 aromatic rings. The summed E-state index contributed by atoms with van der Waals surface area (Å²) in [6.07, 6.45) is -5.16. The minimum Gasteiger partial charge on any atom is -0.481 e. The second-order valence-corrected chi connectivity index (χ2v) is 9.25. The number of anilines is 1. The molecule has 6 nitrogen and oxygen atoms in total. The molecule has 1 heterocycles. The zero-order valence-corrected chi connectivity index (χ0v) is 21.2. The zero-order chi connectivity index (χ0) is 28.0. The van der Waals surface area contributed by atoms with Gasteiger partial charge in [0.15, 0.2) is 12.2 Å². The highest BCUT2D eigenvalue weighted by Crippen LogP contribution is 2.54. The lowest BCUT2D eigenvalue weighted by Gasteiger charge is -2.39. The maximum atomic E-state index is 14.6. The molecule has 1 aliphatic rings. The molecule has 0 fully saturated rings. The number of ether oxygens (including phenoxy) is 2. The number of carbonyl (C=O) groups excluding carboxylic acids is 1. The van der Waals surface area contributed by atoms with Gasteiger partial charge in [-0.1, -0.05) is 48.9 Å². The van der Waals surface area contributed by atoms with Gasteiger partial charge >= 0.3 is 6.18 Å². The average molecular weight is 551 g/mol. The summed E-state index contributed by atoms with van der Waals surface area (Å²) in [6, 6.07) is 12.1. The number of nitrogens with zero attached hydrogens (tertiary/aromatic N) is 1. The zero-order valence-electron chi connectivity index (χ0n) is 20.5. The van der Waals surface area contributed by atoms with Gasteiger partial charge in [0.05, 0.1) is 18.4 Å². The molecule has 0 saturated carbocycles. The predicted octanol–water partition coefficient (Wildman–Crippen LogP) is 6.03. The number of rotatable bonds is 5. The van der Waals surface area contributed by atoms with Crippen LogP contribution in [0.4, 0.5) is 23.2 Å². The predicted molar refractivity (Wildman–Crippen MR) is 134 cm³/mol. The Kier molecular flexibility index (Phi) is 7.15. The number of amides is 1. The highest BCUT2D eigenvalue weighted by Gasteiger charge is 2.60. The van der Waals surface area contributed by atoms with E-state index in [2.05, 4.69) is 0 Å². The number of likely N-dealkylation sites (N-methyl/N-ethyl adjacent to an activating group) is 1. The molecule has 0 unspecified atom stereocenters. The van der Waals surface area contributed by atoms with Crippen LogP contribution in [0.2, 0.25) is 5.02 Å². The van der Waals surface area contributed by atoms with E-state index in [1.807, 2.05) is 0 Å². The lowest BCUT2D eigenvalue weighted by atomic mass is 9.76.